The Kier molecular flexibility index (Phi) is 1.85. The summed E-state index contributed by atoms with van der Waals surface area (Å²) in [5, 5.41) is 11.9. The molecule has 3 N–H and O–H groups in total. The molecule has 2 rings (SSSR count). The number of oxime groups is 1. The highest BCUT2D eigenvalue weighted by Crippen LogP contribution is 2.19. The van der Waals surface area contributed by atoms with Crippen molar-refractivity contribution in [1.29, 1.82) is 0 Å². The number of amidine groups is 1. The van der Waals surface area contributed by atoms with Gasteiger partial charge in [0.25, 0.3) is 0 Å². The molecule has 72 valence electrons. The van der Waals surface area contributed by atoms with Gasteiger partial charge in [-0.25, -0.2) is 4.39 Å². The van der Waals surface area contributed by atoms with Crippen LogP contribution in [0.2, 0.25) is 0 Å². The third-order valence-corrected chi connectivity index (χ3v) is 1.84. The van der Waals surface area contributed by atoms with Crippen molar-refractivity contribution < 1.29 is 14.0 Å². The van der Waals surface area contributed by atoms with E-state index in [-0.39, 0.29) is 11.6 Å². The van der Waals surface area contributed by atoms with Crippen LogP contribution in [0.1, 0.15) is 5.76 Å². The molecular weight excluding hydrogens is 187 g/mol. The van der Waals surface area contributed by atoms with Gasteiger partial charge in [0.1, 0.15) is 11.4 Å². The molecule has 0 saturated heterocycles. The standard InChI is InChI=1S/C9H7FN2O2/c10-6-2-1-5-3-8(9(11)12-13)14-7(5)4-6/h1-4,13H,(H2,11,12). The molecule has 1 heterocycles. The predicted molar refractivity (Wildman–Crippen MR) is 48.7 cm³/mol. The number of fused-ring (bicyclic) bond motifs is 1. The first-order chi connectivity index (χ1) is 6.70. The van der Waals surface area contributed by atoms with Gasteiger partial charge in [0.2, 0.25) is 5.84 Å². The molecule has 0 aliphatic rings. The summed E-state index contributed by atoms with van der Waals surface area (Å²) in [4.78, 5) is 0. The fourth-order valence-electron chi connectivity index (χ4n) is 1.18. The number of nitrogens with two attached hydrogens (primary N) is 1. The van der Waals surface area contributed by atoms with E-state index in [2.05, 4.69) is 5.16 Å². The number of hydrogen-bond acceptors (Lipinski definition) is 3. The van der Waals surface area contributed by atoms with Crippen LogP contribution in [0, 0.1) is 5.82 Å². The summed E-state index contributed by atoms with van der Waals surface area (Å²) in [5.74, 6) is -0.312. The molecule has 0 aliphatic carbocycles. The molecule has 0 saturated carbocycles. The molecule has 0 fully saturated rings. The van der Waals surface area contributed by atoms with Crippen LogP contribution in [0.5, 0.6) is 0 Å². The summed E-state index contributed by atoms with van der Waals surface area (Å²) in [7, 11) is 0. The summed E-state index contributed by atoms with van der Waals surface area (Å²) in [6.07, 6.45) is 0. The average molecular weight is 194 g/mol. The second-order valence-corrected chi connectivity index (χ2v) is 2.78. The topological polar surface area (TPSA) is 71.8 Å². The third-order valence-electron chi connectivity index (χ3n) is 1.84. The predicted octanol–water partition coefficient (Wildman–Crippen LogP) is 1.67. The van der Waals surface area contributed by atoms with Crippen molar-refractivity contribution in [2.75, 3.05) is 0 Å². The maximum Gasteiger partial charge on any atom is 0.205 e. The highest BCUT2D eigenvalue weighted by Gasteiger charge is 2.07. The molecule has 5 heteroatoms. The van der Waals surface area contributed by atoms with E-state index in [0.29, 0.717) is 11.0 Å². The van der Waals surface area contributed by atoms with Gasteiger partial charge in [-0.2, -0.15) is 0 Å². The van der Waals surface area contributed by atoms with Crippen molar-refractivity contribution in [3.63, 3.8) is 0 Å². The number of hydrogen-bond donors (Lipinski definition) is 2. The van der Waals surface area contributed by atoms with Gasteiger partial charge in [0, 0.05) is 11.5 Å². The van der Waals surface area contributed by atoms with E-state index in [0.717, 1.165) is 0 Å². The van der Waals surface area contributed by atoms with E-state index < -0.39 is 5.82 Å². The number of furan rings is 1. The minimum atomic E-state index is -0.391. The molecule has 2 aromatic rings. The van der Waals surface area contributed by atoms with E-state index in [4.69, 9.17) is 15.4 Å². The molecule has 0 bridgehead atoms. The minimum absolute atomic E-state index is 0.137. The highest BCUT2D eigenvalue weighted by molar-refractivity contribution is 5.98. The molecule has 0 radical (unpaired) electrons. The third kappa shape index (κ3) is 1.28. The van der Waals surface area contributed by atoms with Crippen LogP contribution in [0.25, 0.3) is 11.0 Å². The van der Waals surface area contributed by atoms with Crippen molar-refractivity contribution >= 4 is 16.8 Å². The summed E-state index contributed by atoms with van der Waals surface area (Å²) in [6.45, 7) is 0. The van der Waals surface area contributed by atoms with Crippen molar-refractivity contribution in [2.24, 2.45) is 10.9 Å². The number of benzene rings is 1. The van der Waals surface area contributed by atoms with Gasteiger partial charge in [-0.1, -0.05) is 5.16 Å². The van der Waals surface area contributed by atoms with Gasteiger partial charge in [-0.3, -0.25) is 0 Å². The van der Waals surface area contributed by atoms with Gasteiger partial charge in [-0.15, -0.1) is 0 Å². The lowest BCUT2D eigenvalue weighted by molar-refractivity contribution is 0.317. The molecule has 0 unspecified atom stereocenters. The highest BCUT2D eigenvalue weighted by atomic mass is 19.1. The maximum absolute atomic E-state index is 12.8. The molecule has 0 aliphatic heterocycles. The lowest BCUT2D eigenvalue weighted by Gasteiger charge is -1.89. The van der Waals surface area contributed by atoms with Crippen LogP contribution >= 0.6 is 0 Å². The maximum atomic E-state index is 12.8. The summed E-state index contributed by atoms with van der Waals surface area (Å²) in [6, 6.07) is 5.68. The second-order valence-electron chi connectivity index (χ2n) is 2.78. The molecule has 4 nitrogen and oxygen atoms in total. The Hall–Kier alpha value is -2.04. The molecule has 0 amide bonds. The zero-order valence-corrected chi connectivity index (χ0v) is 7.07. The van der Waals surface area contributed by atoms with Crippen LogP contribution in [0.3, 0.4) is 0 Å². The summed E-state index contributed by atoms with van der Waals surface area (Å²) in [5.41, 5.74) is 5.68. The lowest BCUT2D eigenvalue weighted by atomic mass is 10.2. The molecule has 1 aromatic heterocycles. The van der Waals surface area contributed by atoms with Crippen molar-refractivity contribution in [2.45, 2.75) is 0 Å². The molecule has 14 heavy (non-hydrogen) atoms. The number of halogens is 1. The Labute approximate surface area is 78.4 Å². The van der Waals surface area contributed by atoms with Gasteiger partial charge in [-0.05, 0) is 18.2 Å². The van der Waals surface area contributed by atoms with Crippen molar-refractivity contribution in [1.82, 2.24) is 0 Å². The molecule has 0 spiro atoms. The van der Waals surface area contributed by atoms with E-state index >= 15 is 0 Å². The molecule has 1 aromatic carbocycles. The second kappa shape index (κ2) is 3.02. The Morgan fingerprint density at radius 1 is 1.43 bits per heavy atom. The fourth-order valence-corrected chi connectivity index (χ4v) is 1.18. The number of rotatable bonds is 1. The van der Waals surface area contributed by atoms with E-state index in [1.165, 1.54) is 12.1 Å². The van der Waals surface area contributed by atoms with Crippen LogP contribution in [0.4, 0.5) is 4.39 Å². The SMILES string of the molecule is NC(=NO)c1cc2ccc(F)cc2o1. The summed E-state index contributed by atoms with van der Waals surface area (Å²) >= 11 is 0. The number of nitrogens with zero attached hydrogens (tertiary/aromatic N) is 1. The Morgan fingerprint density at radius 2 is 2.21 bits per heavy atom. The first-order valence-corrected chi connectivity index (χ1v) is 3.87. The largest absolute Gasteiger partial charge is 0.453 e. The fraction of sp³-hybridized carbons (Fsp3) is 0. The monoisotopic (exact) mass is 194 g/mol. The van der Waals surface area contributed by atoms with Crippen molar-refractivity contribution in [3.8, 4) is 0 Å². The van der Waals surface area contributed by atoms with Crippen molar-refractivity contribution in [3.05, 3.63) is 35.8 Å². The van der Waals surface area contributed by atoms with E-state index in [9.17, 15) is 4.39 Å². The molecular formula is C9H7FN2O2. The Balaban J connectivity index is 2.62. The normalized spacial score (nSPS) is 12.2. The minimum Gasteiger partial charge on any atom is -0.453 e. The zero-order chi connectivity index (χ0) is 10.1. The zero-order valence-electron chi connectivity index (χ0n) is 7.07. The van der Waals surface area contributed by atoms with Gasteiger partial charge in [0.15, 0.2) is 5.76 Å². The van der Waals surface area contributed by atoms with Gasteiger partial charge >= 0.3 is 0 Å². The quantitative estimate of drug-likeness (QED) is 0.314. The van der Waals surface area contributed by atoms with E-state index in [1.54, 1.807) is 12.1 Å². The average Bonchev–Trinajstić information content (AvgIpc) is 2.59. The van der Waals surface area contributed by atoms with Crippen LogP contribution in [-0.2, 0) is 0 Å². The smallest absolute Gasteiger partial charge is 0.205 e. The Bertz CT molecular complexity index is 504. The van der Waals surface area contributed by atoms with Crippen LogP contribution in [0.15, 0.2) is 33.8 Å². The van der Waals surface area contributed by atoms with Crippen LogP contribution in [-0.4, -0.2) is 11.0 Å². The van der Waals surface area contributed by atoms with Crippen LogP contribution < -0.4 is 5.73 Å². The summed E-state index contributed by atoms with van der Waals surface area (Å²) < 4.78 is 17.9. The Morgan fingerprint density at radius 3 is 2.93 bits per heavy atom. The lowest BCUT2D eigenvalue weighted by Crippen LogP contribution is -2.11. The first-order valence-electron chi connectivity index (χ1n) is 3.87. The van der Waals surface area contributed by atoms with Gasteiger partial charge in [0.05, 0.1) is 0 Å². The molecule has 0 atom stereocenters. The first kappa shape index (κ1) is 8.55. The van der Waals surface area contributed by atoms with E-state index in [1.807, 2.05) is 0 Å². The van der Waals surface area contributed by atoms with Gasteiger partial charge < -0.3 is 15.4 Å².